The number of carbonyl (C=O) groups is 1. The predicted molar refractivity (Wildman–Crippen MR) is 64.0 cm³/mol. The van der Waals surface area contributed by atoms with Crippen molar-refractivity contribution in [2.75, 3.05) is 6.61 Å². The Kier molecular flexibility index (Phi) is 5.10. The average molecular weight is 216 g/mol. The van der Waals surface area contributed by atoms with Crippen molar-refractivity contribution < 1.29 is 9.53 Å². The number of carbonyl (C=O) groups excluding carboxylic acids is 1. The van der Waals surface area contributed by atoms with Gasteiger partial charge in [-0.25, -0.2) is 4.79 Å². The lowest BCUT2D eigenvalue weighted by molar-refractivity contribution is -0.138. The summed E-state index contributed by atoms with van der Waals surface area (Å²) in [6.07, 6.45) is 2.62. The highest BCUT2D eigenvalue weighted by molar-refractivity contribution is 5.87. The van der Waals surface area contributed by atoms with E-state index in [1.807, 2.05) is 36.4 Å². The molecule has 1 aromatic rings. The smallest absolute Gasteiger partial charge is 0.341 e. The Hall–Kier alpha value is -1.79. The third-order valence-electron chi connectivity index (χ3n) is 2.08. The van der Waals surface area contributed by atoms with E-state index in [2.05, 4.69) is 5.73 Å². The van der Waals surface area contributed by atoms with Crippen LogP contribution in [0.1, 0.15) is 19.4 Å². The minimum absolute atomic E-state index is 0.299. The van der Waals surface area contributed by atoms with Crippen LogP contribution in [-0.4, -0.2) is 12.6 Å². The van der Waals surface area contributed by atoms with Gasteiger partial charge in [0.05, 0.1) is 12.2 Å². The third-order valence-corrected chi connectivity index (χ3v) is 2.08. The molecular formula is C14H16O2. The summed E-state index contributed by atoms with van der Waals surface area (Å²) in [7, 11) is 0. The van der Waals surface area contributed by atoms with Gasteiger partial charge in [0.15, 0.2) is 0 Å². The number of hydrogen-bond acceptors (Lipinski definition) is 2. The van der Waals surface area contributed by atoms with Gasteiger partial charge in [-0.2, -0.15) is 0 Å². The summed E-state index contributed by atoms with van der Waals surface area (Å²) in [6, 6.07) is 10.0. The van der Waals surface area contributed by atoms with Crippen LogP contribution in [0.4, 0.5) is 0 Å². The quantitative estimate of drug-likeness (QED) is 0.439. The second kappa shape index (κ2) is 6.65. The molecule has 0 spiro atoms. The lowest BCUT2D eigenvalue weighted by atomic mass is 10.1. The van der Waals surface area contributed by atoms with Crippen LogP contribution in [0.15, 0.2) is 47.7 Å². The first kappa shape index (κ1) is 12.3. The van der Waals surface area contributed by atoms with Gasteiger partial charge in [-0.05, 0) is 31.9 Å². The second-order valence-corrected chi connectivity index (χ2v) is 3.38. The molecule has 0 radical (unpaired) electrons. The fourth-order valence-electron chi connectivity index (χ4n) is 1.23. The summed E-state index contributed by atoms with van der Waals surface area (Å²) in [4.78, 5) is 11.2. The van der Waals surface area contributed by atoms with Crippen LogP contribution in [0, 0.1) is 0 Å². The van der Waals surface area contributed by atoms with Crippen molar-refractivity contribution in [1.29, 1.82) is 0 Å². The molecule has 0 aliphatic carbocycles. The van der Waals surface area contributed by atoms with Gasteiger partial charge in [0.2, 0.25) is 0 Å². The molecule has 1 aromatic carbocycles. The first-order valence-corrected chi connectivity index (χ1v) is 5.37. The highest BCUT2D eigenvalue weighted by atomic mass is 16.5. The second-order valence-electron chi connectivity index (χ2n) is 3.38. The number of benzene rings is 1. The van der Waals surface area contributed by atoms with E-state index in [0.717, 1.165) is 6.42 Å². The Morgan fingerprint density at radius 1 is 1.38 bits per heavy atom. The zero-order valence-corrected chi connectivity index (χ0v) is 9.69. The van der Waals surface area contributed by atoms with E-state index in [4.69, 9.17) is 4.74 Å². The van der Waals surface area contributed by atoms with Crippen molar-refractivity contribution >= 4 is 5.97 Å². The SMILES string of the molecule is CCOC(=O)C(C)=C=CCc1ccccc1. The van der Waals surface area contributed by atoms with Gasteiger partial charge in [-0.15, -0.1) is 5.73 Å². The monoisotopic (exact) mass is 216 g/mol. The van der Waals surface area contributed by atoms with E-state index in [1.54, 1.807) is 13.8 Å². The number of rotatable bonds is 4. The first-order chi connectivity index (χ1) is 7.74. The molecule has 0 aromatic heterocycles. The van der Waals surface area contributed by atoms with Crippen LogP contribution in [0.3, 0.4) is 0 Å². The minimum atomic E-state index is -0.299. The maximum absolute atomic E-state index is 11.2. The highest BCUT2D eigenvalue weighted by Crippen LogP contribution is 2.00. The molecule has 0 fully saturated rings. The molecule has 2 nitrogen and oxygen atoms in total. The van der Waals surface area contributed by atoms with Crippen LogP contribution in [0.2, 0.25) is 0 Å². The molecule has 0 saturated heterocycles. The average Bonchev–Trinajstić information content (AvgIpc) is 2.30. The van der Waals surface area contributed by atoms with E-state index >= 15 is 0 Å². The topological polar surface area (TPSA) is 26.3 Å². The lowest BCUT2D eigenvalue weighted by Gasteiger charge is -1.97. The van der Waals surface area contributed by atoms with Crippen molar-refractivity contribution in [1.82, 2.24) is 0 Å². The van der Waals surface area contributed by atoms with Crippen LogP contribution in [0.25, 0.3) is 0 Å². The van der Waals surface area contributed by atoms with Gasteiger partial charge >= 0.3 is 5.97 Å². The zero-order chi connectivity index (χ0) is 11.8. The number of esters is 1. The Morgan fingerprint density at radius 3 is 2.69 bits per heavy atom. The highest BCUT2D eigenvalue weighted by Gasteiger charge is 2.01. The normalized spacial score (nSPS) is 9.12. The van der Waals surface area contributed by atoms with Crippen molar-refractivity contribution in [3.05, 3.63) is 53.3 Å². The van der Waals surface area contributed by atoms with Crippen molar-refractivity contribution in [2.45, 2.75) is 20.3 Å². The number of ether oxygens (including phenoxy) is 1. The largest absolute Gasteiger partial charge is 0.462 e. The van der Waals surface area contributed by atoms with Crippen molar-refractivity contribution in [2.24, 2.45) is 0 Å². The summed E-state index contributed by atoms with van der Waals surface area (Å²) >= 11 is 0. The van der Waals surface area contributed by atoms with Crippen LogP contribution in [0.5, 0.6) is 0 Å². The molecular weight excluding hydrogens is 200 g/mol. The fraction of sp³-hybridized carbons (Fsp3) is 0.286. The molecule has 0 aliphatic rings. The van der Waals surface area contributed by atoms with Crippen LogP contribution < -0.4 is 0 Å². The van der Waals surface area contributed by atoms with Gasteiger partial charge < -0.3 is 4.74 Å². The van der Waals surface area contributed by atoms with Gasteiger partial charge in [0.1, 0.15) is 0 Å². The summed E-state index contributed by atoms with van der Waals surface area (Å²) in [5, 5.41) is 0. The molecule has 0 saturated carbocycles. The Balaban J connectivity index is 2.59. The van der Waals surface area contributed by atoms with Gasteiger partial charge in [-0.3, -0.25) is 0 Å². The summed E-state index contributed by atoms with van der Waals surface area (Å²) in [5.41, 5.74) is 4.65. The summed E-state index contributed by atoms with van der Waals surface area (Å²) in [5.74, 6) is -0.299. The molecule has 16 heavy (non-hydrogen) atoms. The Morgan fingerprint density at radius 2 is 2.06 bits per heavy atom. The first-order valence-electron chi connectivity index (χ1n) is 5.37. The minimum Gasteiger partial charge on any atom is -0.462 e. The third kappa shape index (κ3) is 4.16. The standard InChI is InChI=1S/C14H16O2/c1-3-16-14(15)12(2)8-7-11-13-9-5-4-6-10-13/h4-7,9-10H,3,11H2,1-2H3. The molecule has 2 heteroatoms. The molecule has 0 heterocycles. The number of hydrogen-bond donors (Lipinski definition) is 0. The van der Waals surface area contributed by atoms with Gasteiger partial charge in [-0.1, -0.05) is 30.3 Å². The van der Waals surface area contributed by atoms with Crippen LogP contribution in [-0.2, 0) is 16.0 Å². The molecule has 1 rings (SSSR count). The fourth-order valence-corrected chi connectivity index (χ4v) is 1.23. The van der Waals surface area contributed by atoms with E-state index < -0.39 is 0 Å². The van der Waals surface area contributed by atoms with Gasteiger partial charge in [0, 0.05) is 0 Å². The Bertz CT molecular complexity index is 398. The summed E-state index contributed by atoms with van der Waals surface area (Å²) < 4.78 is 4.85. The maximum atomic E-state index is 11.2. The predicted octanol–water partition coefficient (Wildman–Crippen LogP) is 2.89. The van der Waals surface area contributed by atoms with E-state index in [9.17, 15) is 4.79 Å². The molecule has 0 amide bonds. The molecule has 0 aliphatic heterocycles. The summed E-state index contributed by atoms with van der Waals surface area (Å²) in [6.45, 7) is 3.90. The zero-order valence-electron chi connectivity index (χ0n) is 9.69. The maximum Gasteiger partial charge on any atom is 0.341 e. The van der Waals surface area contributed by atoms with E-state index in [1.165, 1.54) is 5.56 Å². The van der Waals surface area contributed by atoms with Crippen LogP contribution >= 0.6 is 0 Å². The molecule has 84 valence electrons. The van der Waals surface area contributed by atoms with E-state index in [0.29, 0.717) is 12.2 Å². The van der Waals surface area contributed by atoms with Crippen molar-refractivity contribution in [3.8, 4) is 0 Å². The molecule has 0 unspecified atom stereocenters. The van der Waals surface area contributed by atoms with Crippen molar-refractivity contribution in [3.63, 3.8) is 0 Å². The molecule has 0 atom stereocenters. The van der Waals surface area contributed by atoms with Gasteiger partial charge in [0.25, 0.3) is 0 Å². The molecule has 0 N–H and O–H groups in total. The lowest BCUT2D eigenvalue weighted by Crippen LogP contribution is -2.03. The molecule has 0 bridgehead atoms. The van der Waals surface area contributed by atoms with E-state index in [-0.39, 0.29) is 5.97 Å². The Labute approximate surface area is 96.2 Å².